The van der Waals surface area contributed by atoms with Gasteiger partial charge in [-0.1, -0.05) is 74.0 Å². The molecular weight excluding hydrogens is 396 g/mol. The molecule has 152 valence electrons. The fourth-order valence-electron chi connectivity index (χ4n) is 3.31. The van der Waals surface area contributed by atoms with Crippen LogP contribution in [0, 0.1) is 6.92 Å². The fourth-order valence-corrected chi connectivity index (χ4v) is 4.39. The topological polar surface area (TPSA) is 68.1 Å². The number of rotatable bonds is 5. The zero-order valence-corrected chi connectivity index (χ0v) is 17.9. The number of fused-ring (bicyclic) bond motifs is 1. The van der Waals surface area contributed by atoms with E-state index < -0.39 is 0 Å². The number of carbonyl (C=O) groups is 2. The highest BCUT2D eigenvalue weighted by molar-refractivity contribution is 8.04. The number of Topliss-reactive ketones (excluding diaryl/α,β-unsaturated/α-hetero) is 1. The smallest absolute Gasteiger partial charge is 0.246 e. The average Bonchev–Trinajstić information content (AvgIpc) is 3.21. The molecule has 0 saturated carbocycles. The predicted molar refractivity (Wildman–Crippen MR) is 118 cm³/mol. The highest BCUT2D eigenvalue weighted by Crippen LogP contribution is 2.41. The second-order valence-electron chi connectivity index (χ2n) is 6.97. The SMILES string of the molecule is CCC(=O)C1=C(c2ccccc2)N(C(=O)CC)n2c(nnc2-c2ccc(C)cc2)S1. The molecular formula is C23H22N4O2S. The molecule has 0 bridgehead atoms. The van der Waals surface area contributed by atoms with E-state index in [1.807, 2.05) is 75.4 Å². The molecule has 6 nitrogen and oxygen atoms in total. The first-order chi connectivity index (χ1) is 14.5. The highest BCUT2D eigenvalue weighted by atomic mass is 32.2. The molecule has 1 aromatic heterocycles. The molecule has 2 heterocycles. The van der Waals surface area contributed by atoms with Gasteiger partial charge in [0, 0.05) is 24.0 Å². The lowest BCUT2D eigenvalue weighted by molar-refractivity contribution is -0.118. The summed E-state index contributed by atoms with van der Waals surface area (Å²) in [5, 5.41) is 10.8. The van der Waals surface area contributed by atoms with E-state index in [9.17, 15) is 9.59 Å². The van der Waals surface area contributed by atoms with Gasteiger partial charge in [-0.15, -0.1) is 10.2 Å². The van der Waals surface area contributed by atoms with Crippen molar-refractivity contribution in [3.8, 4) is 11.4 Å². The van der Waals surface area contributed by atoms with E-state index in [1.54, 1.807) is 9.69 Å². The summed E-state index contributed by atoms with van der Waals surface area (Å²) in [6.07, 6.45) is 0.616. The van der Waals surface area contributed by atoms with Crippen LogP contribution in [0.1, 0.15) is 37.8 Å². The van der Waals surface area contributed by atoms with E-state index in [0.717, 1.165) is 16.7 Å². The van der Waals surface area contributed by atoms with Crippen molar-refractivity contribution in [2.24, 2.45) is 0 Å². The molecule has 7 heteroatoms. The Morgan fingerprint density at radius 3 is 2.23 bits per heavy atom. The third-order valence-electron chi connectivity index (χ3n) is 4.90. The lowest BCUT2D eigenvalue weighted by Gasteiger charge is -2.33. The van der Waals surface area contributed by atoms with Crippen molar-refractivity contribution in [1.82, 2.24) is 14.9 Å². The molecule has 1 aliphatic heterocycles. The molecule has 2 aromatic carbocycles. The number of hydrogen-bond donors (Lipinski definition) is 0. The molecule has 0 aliphatic carbocycles. The minimum atomic E-state index is -0.134. The van der Waals surface area contributed by atoms with Gasteiger partial charge in [0.1, 0.15) is 0 Å². The Labute approximate surface area is 179 Å². The monoisotopic (exact) mass is 418 g/mol. The maximum atomic E-state index is 13.2. The van der Waals surface area contributed by atoms with Crippen LogP contribution < -0.4 is 5.01 Å². The number of carbonyl (C=O) groups excluding carboxylic acids is 2. The number of benzene rings is 2. The predicted octanol–water partition coefficient (Wildman–Crippen LogP) is 4.58. The summed E-state index contributed by atoms with van der Waals surface area (Å²) in [4.78, 5) is 26.6. The first-order valence-corrected chi connectivity index (χ1v) is 10.7. The zero-order valence-electron chi connectivity index (χ0n) is 17.1. The Morgan fingerprint density at radius 1 is 0.900 bits per heavy atom. The van der Waals surface area contributed by atoms with Crippen LogP contribution in [0.25, 0.3) is 17.1 Å². The Morgan fingerprint density at radius 2 is 1.60 bits per heavy atom. The number of aromatic nitrogens is 3. The minimum absolute atomic E-state index is 0.0288. The standard InChI is InChI=1S/C23H22N4O2S/c1-4-18(28)21-20(16-9-7-6-8-10-16)26(19(29)5-2)27-22(24-25-23(27)30-21)17-13-11-15(3)12-14-17/h6-14H,4-5H2,1-3H3. The van der Waals surface area contributed by atoms with Crippen LogP contribution in [0.15, 0.2) is 64.7 Å². The Bertz CT molecular complexity index is 1130. The van der Waals surface area contributed by atoms with Crippen LogP contribution in [-0.2, 0) is 9.59 Å². The van der Waals surface area contributed by atoms with Gasteiger partial charge in [-0.05, 0) is 18.7 Å². The van der Waals surface area contributed by atoms with Gasteiger partial charge in [-0.3, -0.25) is 9.59 Å². The van der Waals surface area contributed by atoms with Gasteiger partial charge in [0.05, 0.1) is 10.6 Å². The molecule has 0 atom stereocenters. The van der Waals surface area contributed by atoms with Crippen LogP contribution in [0.5, 0.6) is 0 Å². The molecule has 0 fully saturated rings. The fraction of sp³-hybridized carbons (Fsp3) is 0.217. The first kappa shape index (κ1) is 20.1. The number of amides is 1. The molecule has 0 N–H and O–H groups in total. The van der Waals surface area contributed by atoms with Crippen LogP contribution in [0.4, 0.5) is 0 Å². The van der Waals surface area contributed by atoms with Crippen molar-refractivity contribution >= 4 is 29.1 Å². The Balaban J connectivity index is 1.98. The van der Waals surface area contributed by atoms with E-state index in [1.165, 1.54) is 11.8 Å². The summed E-state index contributed by atoms with van der Waals surface area (Å²) in [6, 6.07) is 17.5. The Kier molecular flexibility index (Phi) is 5.55. The number of thioether (sulfide) groups is 1. The molecule has 1 aliphatic rings. The van der Waals surface area contributed by atoms with Crippen LogP contribution in [0.2, 0.25) is 0 Å². The zero-order chi connectivity index (χ0) is 21.3. The number of allylic oxidation sites excluding steroid dienone is 1. The number of aryl methyl sites for hydroxylation is 1. The van der Waals surface area contributed by atoms with Crippen LogP contribution in [-0.4, -0.2) is 26.6 Å². The van der Waals surface area contributed by atoms with Gasteiger partial charge in [0.25, 0.3) is 0 Å². The number of hydrogen-bond acceptors (Lipinski definition) is 5. The third-order valence-corrected chi connectivity index (χ3v) is 5.96. The third kappa shape index (κ3) is 3.45. The number of ketones is 1. The summed E-state index contributed by atoms with van der Waals surface area (Å²) in [7, 11) is 0. The van der Waals surface area contributed by atoms with Gasteiger partial charge in [-0.2, -0.15) is 4.68 Å². The summed E-state index contributed by atoms with van der Waals surface area (Å²) < 4.78 is 1.73. The lowest BCUT2D eigenvalue weighted by Crippen LogP contribution is -2.42. The van der Waals surface area contributed by atoms with Gasteiger partial charge in [0.2, 0.25) is 11.1 Å². The quantitative estimate of drug-likeness (QED) is 0.607. The summed E-state index contributed by atoms with van der Waals surface area (Å²) in [5.41, 5.74) is 3.37. The number of nitrogens with zero attached hydrogens (tertiary/aromatic N) is 4. The summed E-state index contributed by atoms with van der Waals surface area (Å²) in [5.74, 6) is 0.402. The van der Waals surface area contributed by atoms with Crippen molar-refractivity contribution < 1.29 is 9.59 Å². The van der Waals surface area contributed by atoms with E-state index in [-0.39, 0.29) is 18.1 Å². The van der Waals surface area contributed by atoms with E-state index in [2.05, 4.69) is 10.2 Å². The van der Waals surface area contributed by atoms with Crippen molar-refractivity contribution in [3.63, 3.8) is 0 Å². The van der Waals surface area contributed by atoms with Gasteiger partial charge >= 0.3 is 0 Å². The van der Waals surface area contributed by atoms with Crippen molar-refractivity contribution in [2.45, 2.75) is 38.8 Å². The van der Waals surface area contributed by atoms with Gasteiger partial charge in [-0.25, -0.2) is 5.01 Å². The van der Waals surface area contributed by atoms with E-state index in [4.69, 9.17) is 0 Å². The second kappa shape index (κ2) is 8.28. The molecule has 1 amide bonds. The van der Waals surface area contributed by atoms with Crippen molar-refractivity contribution in [3.05, 3.63) is 70.6 Å². The van der Waals surface area contributed by atoms with E-state index >= 15 is 0 Å². The molecule has 0 spiro atoms. The molecule has 3 aromatic rings. The van der Waals surface area contributed by atoms with E-state index in [0.29, 0.717) is 28.0 Å². The van der Waals surface area contributed by atoms with Crippen LogP contribution in [0.3, 0.4) is 0 Å². The average molecular weight is 419 g/mol. The maximum Gasteiger partial charge on any atom is 0.246 e. The second-order valence-corrected chi connectivity index (χ2v) is 7.94. The Hall–Kier alpha value is -3.19. The molecule has 30 heavy (non-hydrogen) atoms. The lowest BCUT2D eigenvalue weighted by atomic mass is 10.1. The highest BCUT2D eigenvalue weighted by Gasteiger charge is 2.36. The first-order valence-electron chi connectivity index (χ1n) is 9.91. The van der Waals surface area contributed by atoms with Crippen LogP contribution >= 0.6 is 11.8 Å². The van der Waals surface area contributed by atoms with Crippen molar-refractivity contribution in [1.29, 1.82) is 0 Å². The molecule has 0 saturated heterocycles. The molecule has 4 rings (SSSR count). The largest absolute Gasteiger partial charge is 0.294 e. The normalized spacial score (nSPS) is 13.4. The summed E-state index contributed by atoms with van der Waals surface area (Å²) >= 11 is 1.27. The minimum Gasteiger partial charge on any atom is -0.294 e. The molecule has 0 unspecified atom stereocenters. The van der Waals surface area contributed by atoms with Crippen molar-refractivity contribution in [2.75, 3.05) is 5.01 Å². The summed E-state index contributed by atoms with van der Waals surface area (Å²) in [6.45, 7) is 5.65. The van der Waals surface area contributed by atoms with Gasteiger partial charge < -0.3 is 0 Å². The van der Waals surface area contributed by atoms with Gasteiger partial charge in [0.15, 0.2) is 11.6 Å². The maximum absolute atomic E-state index is 13.2. The molecule has 0 radical (unpaired) electrons.